The van der Waals surface area contributed by atoms with Crippen molar-refractivity contribution in [3.8, 4) is 5.75 Å². The number of carbonyl (C=O) groups excluding carboxylic acids is 3. The van der Waals surface area contributed by atoms with E-state index in [4.69, 9.17) is 15.9 Å². The highest BCUT2D eigenvalue weighted by Gasteiger charge is 2.30. The summed E-state index contributed by atoms with van der Waals surface area (Å²) in [7, 11) is 0. The average molecular weight is 529 g/mol. The standard InChI is InChI=1S/C21H28N4O10S/c22-12(8-17(29)30)18(31)25-15(9-36)20(33)23-13(5-6-16(27)28)19(32)24-14(21(34)35)7-10-1-3-11(26)4-2-10/h1-4,12-15,26,36H,5-9,22H2,(H,23,33)(H,24,32)(H,25,31)(H,27,28)(H,29,30)(H,34,35). The molecule has 1 rings (SSSR count). The number of nitrogens with two attached hydrogens (primary N) is 1. The summed E-state index contributed by atoms with van der Waals surface area (Å²) in [5.74, 6) is -7.22. The number of amides is 3. The number of rotatable bonds is 15. The summed E-state index contributed by atoms with van der Waals surface area (Å²) in [5.41, 5.74) is 5.93. The highest BCUT2D eigenvalue weighted by atomic mass is 32.1. The van der Waals surface area contributed by atoms with Crippen molar-refractivity contribution in [3.05, 3.63) is 29.8 Å². The Morgan fingerprint density at radius 1 is 0.806 bits per heavy atom. The maximum absolute atomic E-state index is 12.8. The number of carboxylic acids is 3. The zero-order valence-corrected chi connectivity index (χ0v) is 19.8. The summed E-state index contributed by atoms with van der Waals surface area (Å²) in [4.78, 5) is 70.9. The zero-order valence-electron chi connectivity index (χ0n) is 18.9. The minimum Gasteiger partial charge on any atom is -0.508 e. The molecule has 198 valence electrons. The van der Waals surface area contributed by atoms with Crippen molar-refractivity contribution in [2.45, 2.75) is 49.9 Å². The summed E-state index contributed by atoms with van der Waals surface area (Å²) < 4.78 is 0. The van der Waals surface area contributed by atoms with Crippen LogP contribution in [0.4, 0.5) is 0 Å². The molecule has 0 aliphatic carbocycles. The van der Waals surface area contributed by atoms with E-state index < -0.39 is 79.1 Å². The third kappa shape index (κ3) is 10.6. The first-order valence-corrected chi connectivity index (χ1v) is 11.2. The number of aromatic hydroxyl groups is 1. The predicted molar refractivity (Wildman–Crippen MR) is 126 cm³/mol. The molecule has 0 fully saturated rings. The van der Waals surface area contributed by atoms with Gasteiger partial charge in [0.15, 0.2) is 0 Å². The quantitative estimate of drug-likeness (QED) is 0.113. The number of phenolic OH excluding ortho intramolecular Hbond substituents is 1. The molecule has 4 unspecified atom stereocenters. The van der Waals surface area contributed by atoms with Crippen molar-refractivity contribution in [3.63, 3.8) is 0 Å². The van der Waals surface area contributed by atoms with Gasteiger partial charge in [-0.05, 0) is 24.1 Å². The summed E-state index contributed by atoms with van der Waals surface area (Å²) in [6, 6.07) is -0.164. The Labute approximate surface area is 210 Å². The van der Waals surface area contributed by atoms with Gasteiger partial charge in [0.25, 0.3) is 0 Å². The molecule has 4 atom stereocenters. The number of thiol groups is 1. The highest BCUT2D eigenvalue weighted by Crippen LogP contribution is 2.12. The molecule has 36 heavy (non-hydrogen) atoms. The molecule has 0 saturated heterocycles. The van der Waals surface area contributed by atoms with Crippen molar-refractivity contribution < 1.29 is 49.2 Å². The second kappa shape index (κ2) is 14.5. The van der Waals surface area contributed by atoms with Gasteiger partial charge >= 0.3 is 17.9 Å². The molecule has 0 heterocycles. The van der Waals surface area contributed by atoms with Crippen LogP contribution in [0.5, 0.6) is 5.75 Å². The van der Waals surface area contributed by atoms with Gasteiger partial charge in [0.05, 0.1) is 12.5 Å². The van der Waals surface area contributed by atoms with Gasteiger partial charge in [-0.2, -0.15) is 12.6 Å². The molecule has 1 aromatic carbocycles. The van der Waals surface area contributed by atoms with E-state index in [1.807, 2.05) is 0 Å². The molecular formula is C21H28N4O10S. The summed E-state index contributed by atoms with van der Waals surface area (Å²) in [5, 5.41) is 43.3. The second-order valence-corrected chi connectivity index (χ2v) is 8.08. The Kier molecular flexibility index (Phi) is 12.2. The van der Waals surface area contributed by atoms with Crippen LogP contribution in [-0.2, 0) is 35.2 Å². The monoisotopic (exact) mass is 528 g/mol. The van der Waals surface area contributed by atoms with E-state index in [2.05, 4.69) is 28.6 Å². The van der Waals surface area contributed by atoms with Crippen LogP contribution < -0.4 is 21.7 Å². The smallest absolute Gasteiger partial charge is 0.326 e. The molecule has 0 aromatic heterocycles. The van der Waals surface area contributed by atoms with E-state index in [1.165, 1.54) is 24.3 Å². The minimum atomic E-state index is -1.48. The van der Waals surface area contributed by atoms with Gasteiger partial charge < -0.3 is 42.1 Å². The first-order valence-electron chi connectivity index (χ1n) is 10.6. The van der Waals surface area contributed by atoms with E-state index in [-0.39, 0.29) is 17.9 Å². The third-order valence-electron chi connectivity index (χ3n) is 4.82. The van der Waals surface area contributed by atoms with Gasteiger partial charge in [0, 0.05) is 18.6 Å². The number of hydrogen-bond acceptors (Lipinski definition) is 9. The summed E-state index contributed by atoms with van der Waals surface area (Å²) >= 11 is 3.95. The molecule has 0 radical (unpaired) electrons. The zero-order chi connectivity index (χ0) is 27.4. The molecule has 0 saturated carbocycles. The largest absolute Gasteiger partial charge is 0.508 e. The number of carboxylic acid groups (broad SMARTS) is 3. The molecule has 3 amide bonds. The lowest BCUT2D eigenvalue weighted by Crippen LogP contribution is -2.58. The number of carbonyl (C=O) groups is 6. The Balaban J connectivity index is 2.95. The fourth-order valence-corrected chi connectivity index (χ4v) is 3.16. The minimum absolute atomic E-state index is 0.0409. The molecule has 14 nitrogen and oxygen atoms in total. The molecule has 0 aliphatic rings. The molecule has 1 aromatic rings. The number of aliphatic carboxylic acids is 3. The molecule has 0 spiro atoms. The first kappa shape index (κ1) is 30.2. The molecular weight excluding hydrogens is 500 g/mol. The number of benzene rings is 1. The van der Waals surface area contributed by atoms with Crippen LogP contribution in [0, 0.1) is 0 Å². The molecule has 0 bridgehead atoms. The van der Waals surface area contributed by atoms with Crippen molar-refractivity contribution in [1.29, 1.82) is 0 Å². The van der Waals surface area contributed by atoms with Crippen LogP contribution >= 0.6 is 12.6 Å². The van der Waals surface area contributed by atoms with Gasteiger partial charge in [0.1, 0.15) is 23.9 Å². The van der Waals surface area contributed by atoms with E-state index in [0.717, 1.165) is 0 Å². The Morgan fingerprint density at radius 3 is 1.83 bits per heavy atom. The number of nitrogens with one attached hydrogen (secondary N) is 3. The van der Waals surface area contributed by atoms with Crippen molar-refractivity contribution in [2.75, 3.05) is 5.75 Å². The van der Waals surface area contributed by atoms with Crippen LogP contribution in [0.15, 0.2) is 24.3 Å². The topological polar surface area (TPSA) is 245 Å². The van der Waals surface area contributed by atoms with E-state index in [1.54, 1.807) is 0 Å². The van der Waals surface area contributed by atoms with Crippen molar-refractivity contribution in [1.82, 2.24) is 16.0 Å². The lowest BCUT2D eigenvalue weighted by atomic mass is 10.0. The van der Waals surface area contributed by atoms with Gasteiger partial charge in [-0.1, -0.05) is 12.1 Å². The van der Waals surface area contributed by atoms with Gasteiger partial charge in [-0.25, -0.2) is 4.79 Å². The summed E-state index contributed by atoms with van der Waals surface area (Å²) in [6.07, 6.45) is -1.81. The van der Waals surface area contributed by atoms with Crippen LogP contribution in [0.1, 0.15) is 24.8 Å². The van der Waals surface area contributed by atoms with Crippen LogP contribution in [0.25, 0.3) is 0 Å². The Morgan fingerprint density at radius 2 is 1.33 bits per heavy atom. The number of hydrogen-bond donors (Lipinski definition) is 9. The SMILES string of the molecule is NC(CC(=O)O)C(=O)NC(CS)C(=O)NC(CCC(=O)O)C(=O)NC(Cc1ccc(O)cc1)C(=O)O. The third-order valence-corrected chi connectivity index (χ3v) is 5.18. The van der Waals surface area contributed by atoms with Crippen molar-refractivity contribution >= 4 is 48.3 Å². The van der Waals surface area contributed by atoms with E-state index in [9.17, 15) is 39.0 Å². The Bertz CT molecular complexity index is 972. The maximum atomic E-state index is 12.8. The van der Waals surface area contributed by atoms with Crippen LogP contribution in [0.2, 0.25) is 0 Å². The predicted octanol–water partition coefficient (Wildman–Crippen LogP) is -1.93. The van der Waals surface area contributed by atoms with E-state index in [0.29, 0.717) is 5.56 Å². The second-order valence-electron chi connectivity index (χ2n) is 7.71. The van der Waals surface area contributed by atoms with Gasteiger partial charge in [-0.15, -0.1) is 0 Å². The maximum Gasteiger partial charge on any atom is 0.326 e. The average Bonchev–Trinajstić information content (AvgIpc) is 2.79. The molecule has 15 heteroatoms. The summed E-state index contributed by atoms with van der Waals surface area (Å²) in [6.45, 7) is 0. The van der Waals surface area contributed by atoms with E-state index >= 15 is 0 Å². The van der Waals surface area contributed by atoms with Gasteiger partial charge in [-0.3, -0.25) is 24.0 Å². The lowest BCUT2D eigenvalue weighted by Gasteiger charge is -2.24. The molecule has 9 N–H and O–H groups in total. The lowest BCUT2D eigenvalue weighted by molar-refractivity contribution is -0.143. The normalized spacial score (nSPS) is 13.9. The van der Waals surface area contributed by atoms with Crippen LogP contribution in [0.3, 0.4) is 0 Å². The molecule has 0 aliphatic heterocycles. The number of phenols is 1. The van der Waals surface area contributed by atoms with Crippen molar-refractivity contribution in [2.24, 2.45) is 5.73 Å². The van der Waals surface area contributed by atoms with Crippen LogP contribution in [-0.4, -0.2) is 86.0 Å². The fraction of sp³-hybridized carbons (Fsp3) is 0.429. The highest BCUT2D eigenvalue weighted by molar-refractivity contribution is 7.80. The fourth-order valence-electron chi connectivity index (χ4n) is 2.90. The Hall–Kier alpha value is -3.85. The van der Waals surface area contributed by atoms with Gasteiger partial charge in [0.2, 0.25) is 17.7 Å². The first-order chi connectivity index (χ1) is 16.8.